The molecule has 0 unspecified atom stereocenters. The summed E-state index contributed by atoms with van der Waals surface area (Å²) in [7, 11) is -4.83. The van der Waals surface area contributed by atoms with Gasteiger partial charge in [0.1, 0.15) is 0 Å². The predicted octanol–water partition coefficient (Wildman–Crippen LogP) is -1.84. The molecule has 0 aromatic carbocycles. The van der Waals surface area contributed by atoms with E-state index in [0.29, 0.717) is 0 Å². The van der Waals surface area contributed by atoms with Gasteiger partial charge in [-0.25, -0.2) is 9.36 Å². The van der Waals surface area contributed by atoms with Crippen LogP contribution in [0.1, 0.15) is 0 Å². The van der Waals surface area contributed by atoms with Crippen LogP contribution >= 0.6 is 7.82 Å². The van der Waals surface area contributed by atoms with Crippen molar-refractivity contribution in [3.8, 4) is 0 Å². The van der Waals surface area contributed by atoms with Gasteiger partial charge < -0.3 is 20.0 Å². The molecule has 0 aliphatic rings. The van der Waals surface area contributed by atoms with E-state index in [2.05, 4.69) is 4.52 Å². The summed E-state index contributed by atoms with van der Waals surface area (Å²) in [4.78, 5) is 26.1. The molecular formula is C3H7NaO7P. The van der Waals surface area contributed by atoms with Crippen molar-refractivity contribution in [3.63, 3.8) is 0 Å². The zero-order valence-corrected chi connectivity index (χ0v) is 9.14. The van der Waals surface area contributed by atoms with Crippen LogP contribution in [0.25, 0.3) is 0 Å². The Kier molecular flexibility index (Phi) is 7.60. The summed E-state index contributed by atoms with van der Waals surface area (Å²) in [5.41, 5.74) is 0. The molecule has 12 heavy (non-hydrogen) atoms. The summed E-state index contributed by atoms with van der Waals surface area (Å²) in [5.74, 6) is -1.63. The molecule has 1 atom stereocenters. The predicted molar refractivity (Wildman–Crippen MR) is 37.4 cm³/mol. The molecule has 0 aliphatic heterocycles. The molecule has 0 amide bonds. The molecule has 0 saturated heterocycles. The smallest absolute Gasteiger partial charge is 0.470 e. The second kappa shape index (κ2) is 6.06. The van der Waals surface area contributed by atoms with Crippen molar-refractivity contribution in [2.75, 3.05) is 6.61 Å². The largest absolute Gasteiger partial charge is 0.479 e. The van der Waals surface area contributed by atoms with E-state index >= 15 is 0 Å². The Bertz CT molecular complexity index is 187. The molecule has 0 fully saturated rings. The first-order chi connectivity index (χ1) is 4.87. The molecule has 0 heterocycles. The van der Waals surface area contributed by atoms with Crippen LogP contribution in [0.15, 0.2) is 0 Å². The van der Waals surface area contributed by atoms with Crippen LogP contribution in [0.4, 0.5) is 0 Å². The van der Waals surface area contributed by atoms with Crippen molar-refractivity contribution in [3.05, 3.63) is 0 Å². The maximum atomic E-state index is 10.0. The summed E-state index contributed by atoms with van der Waals surface area (Å²) in [6.45, 7) is -0.986. The monoisotopic (exact) mass is 209 g/mol. The quantitative estimate of drug-likeness (QED) is 0.316. The summed E-state index contributed by atoms with van der Waals surface area (Å²) >= 11 is 0. The van der Waals surface area contributed by atoms with Crippen LogP contribution < -0.4 is 0 Å². The molecule has 0 aromatic rings. The number of carbonyl (C=O) groups is 1. The zero-order chi connectivity index (χ0) is 9.07. The molecule has 4 N–H and O–H groups in total. The first-order valence-corrected chi connectivity index (χ1v) is 3.97. The van der Waals surface area contributed by atoms with Crippen molar-refractivity contribution in [2.45, 2.75) is 6.10 Å². The van der Waals surface area contributed by atoms with Gasteiger partial charge in [0.15, 0.2) is 6.10 Å². The van der Waals surface area contributed by atoms with Crippen LogP contribution in [0.3, 0.4) is 0 Å². The summed E-state index contributed by atoms with van der Waals surface area (Å²) < 4.78 is 13.7. The maximum Gasteiger partial charge on any atom is 0.470 e. The molecule has 1 radical (unpaired) electrons. The number of hydrogen-bond acceptors (Lipinski definition) is 4. The van der Waals surface area contributed by atoms with Gasteiger partial charge in [0, 0.05) is 29.6 Å². The maximum absolute atomic E-state index is 10.0. The van der Waals surface area contributed by atoms with Crippen molar-refractivity contribution in [1.29, 1.82) is 0 Å². The number of aliphatic hydroxyl groups excluding tert-OH is 1. The van der Waals surface area contributed by atoms with E-state index in [0.717, 1.165) is 0 Å². The van der Waals surface area contributed by atoms with Crippen LogP contribution in [0.2, 0.25) is 0 Å². The third kappa shape index (κ3) is 7.20. The van der Waals surface area contributed by atoms with Gasteiger partial charge >= 0.3 is 13.8 Å². The second-order valence-electron chi connectivity index (χ2n) is 1.61. The van der Waals surface area contributed by atoms with Gasteiger partial charge in [-0.1, -0.05) is 0 Å². The number of phosphoric ester groups is 1. The summed E-state index contributed by atoms with van der Waals surface area (Å²) in [6, 6.07) is 0. The molecule has 0 rings (SSSR count). The van der Waals surface area contributed by atoms with E-state index in [1.165, 1.54) is 0 Å². The Labute approximate surface area is 89.9 Å². The van der Waals surface area contributed by atoms with Crippen LogP contribution in [0, 0.1) is 0 Å². The van der Waals surface area contributed by atoms with Crippen molar-refractivity contribution in [1.82, 2.24) is 0 Å². The Morgan fingerprint density at radius 3 is 2.00 bits per heavy atom. The van der Waals surface area contributed by atoms with Gasteiger partial charge in [-0.15, -0.1) is 0 Å². The van der Waals surface area contributed by atoms with Gasteiger partial charge in [-0.2, -0.15) is 0 Å². The number of rotatable bonds is 4. The van der Waals surface area contributed by atoms with Crippen molar-refractivity contribution < 1.29 is 33.9 Å². The second-order valence-corrected chi connectivity index (χ2v) is 2.80. The fraction of sp³-hybridized carbons (Fsp3) is 0.667. The number of aliphatic carboxylic acids is 1. The normalized spacial score (nSPS) is 13.2. The number of phosphoric acid groups is 1. The molecule has 67 valence electrons. The average molecular weight is 209 g/mol. The molecule has 0 bridgehead atoms. The van der Waals surface area contributed by atoms with E-state index in [9.17, 15) is 9.36 Å². The Morgan fingerprint density at radius 2 is 1.92 bits per heavy atom. The zero-order valence-electron chi connectivity index (χ0n) is 6.25. The molecule has 0 saturated carbocycles. The SMILES string of the molecule is O=C(O)[C@@H](CO)OP(=O)(O)O.[Na]. The third-order valence-electron chi connectivity index (χ3n) is 0.706. The Hall–Kier alpha value is 0.540. The first kappa shape index (κ1) is 15.0. The molecule has 0 aliphatic carbocycles. The summed E-state index contributed by atoms with van der Waals surface area (Å²) in [5, 5.41) is 16.3. The van der Waals surface area contributed by atoms with Crippen LogP contribution in [0.5, 0.6) is 0 Å². The first-order valence-electron chi connectivity index (χ1n) is 2.44. The standard InChI is InChI=1S/C3H7O7P.Na/c4-1-2(3(5)6)10-11(7,8)9;/h2,4H,1H2,(H,5,6)(H2,7,8,9);/t2-;/m1./s1. The van der Waals surface area contributed by atoms with Crippen LogP contribution in [-0.4, -0.2) is 68.2 Å². The molecular weight excluding hydrogens is 202 g/mol. The minimum absolute atomic E-state index is 0. The minimum atomic E-state index is -4.83. The molecule has 9 heteroatoms. The molecule has 0 aromatic heterocycles. The van der Waals surface area contributed by atoms with Crippen molar-refractivity contribution >= 4 is 43.3 Å². The fourth-order valence-corrected chi connectivity index (χ4v) is 0.811. The van der Waals surface area contributed by atoms with Gasteiger partial charge in [0.2, 0.25) is 0 Å². The fourth-order valence-electron chi connectivity index (χ4n) is 0.322. The third-order valence-corrected chi connectivity index (χ3v) is 1.23. The minimum Gasteiger partial charge on any atom is -0.479 e. The number of carboxylic acids is 1. The summed E-state index contributed by atoms with van der Waals surface area (Å²) in [6.07, 6.45) is -1.88. The Morgan fingerprint density at radius 1 is 1.50 bits per heavy atom. The van der Waals surface area contributed by atoms with E-state index < -0.39 is 26.5 Å². The van der Waals surface area contributed by atoms with Crippen LogP contribution in [-0.2, 0) is 13.9 Å². The van der Waals surface area contributed by atoms with E-state index in [1.807, 2.05) is 0 Å². The molecule has 0 spiro atoms. The van der Waals surface area contributed by atoms with Gasteiger partial charge in [-0.3, -0.25) is 4.52 Å². The van der Waals surface area contributed by atoms with E-state index in [1.54, 1.807) is 0 Å². The van der Waals surface area contributed by atoms with Crippen molar-refractivity contribution in [2.24, 2.45) is 0 Å². The van der Waals surface area contributed by atoms with Gasteiger partial charge in [0.05, 0.1) is 6.61 Å². The van der Waals surface area contributed by atoms with Gasteiger partial charge in [0.25, 0.3) is 0 Å². The van der Waals surface area contributed by atoms with Gasteiger partial charge in [-0.05, 0) is 0 Å². The average Bonchev–Trinajstić information content (AvgIpc) is 1.80. The number of carboxylic acid groups (broad SMARTS) is 1. The van der Waals surface area contributed by atoms with E-state index in [4.69, 9.17) is 20.0 Å². The number of aliphatic hydroxyl groups is 1. The Balaban J connectivity index is 0. The van der Waals surface area contributed by atoms with E-state index in [-0.39, 0.29) is 29.6 Å². The topological polar surface area (TPSA) is 124 Å². The number of hydrogen-bond donors (Lipinski definition) is 4. The molecule has 7 nitrogen and oxygen atoms in total.